The highest BCUT2D eigenvalue weighted by Crippen LogP contribution is 2.26. The topological polar surface area (TPSA) is 69.5 Å². The van der Waals surface area contributed by atoms with Gasteiger partial charge in [0.25, 0.3) is 5.91 Å². The van der Waals surface area contributed by atoms with E-state index < -0.39 is 0 Å². The molecule has 1 fully saturated rings. The van der Waals surface area contributed by atoms with Crippen molar-refractivity contribution < 1.29 is 14.3 Å². The lowest BCUT2D eigenvalue weighted by Gasteiger charge is -2.19. The molecule has 0 saturated carbocycles. The monoisotopic (exact) mass is 392 g/mol. The van der Waals surface area contributed by atoms with Crippen molar-refractivity contribution in [1.82, 2.24) is 19.7 Å². The van der Waals surface area contributed by atoms with E-state index in [1.165, 1.54) is 0 Å². The van der Waals surface area contributed by atoms with Crippen LogP contribution in [0, 0.1) is 0 Å². The van der Waals surface area contributed by atoms with Crippen LogP contribution >= 0.6 is 15.9 Å². The summed E-state index contributed by atoms with van der Waals surface area (Å²) in [5, 5.41) is 4.24. The number of nitrogens with zero attached hydrogens (tertiary/aromatic N) is 4. The fourth-order valence-corrected chi connectivity index (χ4v) is 3.23. The summed E-state index contributed by atoms with van der Waals surface area (Å²) in [6.07, 6.45) is 4.96. The molecule has 1 unspecified atom stereocenters. The minimum Gasteiger partial charge on any atom is -0.477 e. The summed E-state index contributed by atoms with van der Waals surface area (Å²) < 4.78 is 14.1. The molecule has 0 radical (unpaired) electrons. The first-order valence-corrected chi connectivity index (χ1v) is 8.76. The van der Waals surface area contributed by atoms with Gasteiger partial charge in [0.15, 0.2) is 0 Å². The van der Waals surface area contributed by atoms with Gasteiger partial charge in [-0.2, -0.15) is 5.10 Å². The molecule has 0 spiro atoms. The third kappa shape index (κ3) is 2.98. The normalized spacial score (nSPS) is 19.7. The molecule has 4 rings (SSSR count). The van der Waals surface area contributed by atoms with Crippen LogP contribution in [0.2, 0.25) is 0 Å². The molecule has 8 heteroatoms. The lowest BCUT2D eigenvalue weighted by atomic mass is 10.3. The Kier molecular flexibility index (Phi) is 4.13. The van der Waals surface area contributed by atoms with E-state index in [0.29, 0.717) is 37.0 Å². The highest BCUT2D eigenvalue weighted by atomic mass is 79.9. The number of hydrogen-bond acceptors (Lipinski definition) is 5. The maximum Gasteiger partial charge on any atom is 0.261 e. The molecule has 0 N–H and O–H groups in total. The zero-order chi connectivity index (χ0) is 16.5. The molecule has 126 valence electrons. The highest BCUT2D eigenvalue weighted by molar-refractivity contribution is 9.10. The molecule has 0 aromatic carbocycles. The number of ether oxygens (including phenoxy) is 2. The van der Waals surface area contributed by atoms with E-state index in [9.17, 15) is 4.79 Å². The van der Waals surface area contributed by atoms with E-state index in [-0.39, 0.29) is 12.0 Å². The molecule has 0 aliphatic carbocycles. The van der Waals surface area contributed by atoms with E-state index in [1.807, 2.05) is 12.1 Å². The summed E-state index contributed by atoms with van der Waals surface area (Å²) in [6.45, 7) is 2.63. The average Bonchev–Trinajstić information content (AvgIpc) is 3.23. The van der Waals surface area contributed by atoms with Crippen LogP contribution in [0.5, 0.6) is 11.8 Å². The second-order valence-corrected chi connectivity index (χ2v) is 6.80. The predicted octanol–water partition coefficient (Wildman–Crippen LogP) is 2.12. The third-order valence-electron chi connectivity index (χ3n) is 4.19. The Bertz CT molecular complexity index is 746. The quantitative estimate of drug-likeness (QED) is 0.799. The molecule has 24 heavy (non-hydrogen) atoms. The Balaban J connectivity index is 1.42. The molecule has 2 aromatic heterocycles. The summed E-state index contributed by atoms with van der Waals surface area (Å²) in [5.41, 5.74) is 0.539. The van der Waals surface area contributed by atoms with Crippen molar-refractivity contribution in [2.75, 3.05) is 19.7 Å². The Morgan fingerprint density at radius 2 is 2.25 bits per heavy atom. The van der Waals surface area contributed by atoms with E-state index in [1.54, 1.807) is 22.0 Å². The molecule has 4 heterocycles. The predicted molar refractivity (Wildman–Crippen MR) is 89.2 cm³/mol. The van der Waals surface area contributed by atoms with Crippen LogP contribution in [0.1, 0.15) is 23.2 Å². The molecular weight excluding hydrogens is 376 g/mol. The van der Waals surface area contributed by atoms with Crippen molar-refractivity contribution in [3.8, 4) is 11.8 Å². The highest BCUT2D eigenvalue weighted by Gasteiger charge is 2.32. The number of aromatic nitrogens is 3. The van der Waals surface area contributed by atoms with Crippen molar-refractivity contribution in [3.63, 3.8) is 0 Å². The first-order valence-electron chi connectivity index (χ1n) is 7.97. The summed E-state index contributed by atoms with van der Waals surface area (Å²) in [6, 6.07) is 3.70. The molecule has 2 aromatic rings. The van der Waals surface area contributed by atoms with Crippen LogP contribution in [-0.4, -0.2) is 51.4 Å². The SMILES string of the molecule is O=C(c1cnn2c1OCCC2)N1CCC(Oc2ccc(Br)cn2)C1. The first kappa shape index (κ1) is 15.4. The van der Waals surface area contributed by atoms with Gasteiger partial charge in [0.2, 0.25) is 11.8 Å². The number of carbonyl (C=O) groups is 1. The van der Waals surface area contributed by atoms with Gasteiger partial charge in [-0.3, -0.25) is 4.79 Å². The maximum atomic E-state index is 12.7. The number of halogens is 1. The number of pyridine rings is 1. The van der Waals surface area contributed by atoms with Gasteiger partial charge < -0.3 is 14.4 Å². The zero-order valence-corrected chi connectivity index (χ0v) is 14.6. The van der Waals surface area contributed by atoms with Gasteiger partial charge >= 0.3 is 0 Å². The van der Waals surface area contributed by atoms with Crippen molar-refractivity contribution in [2.45, 2.75) is 25.5 Å². The Morgan fingerprint density at radius 1 is 1.33 bits per heavy atom. The smallest absolute Gasteiger partial charge is 0.261 e. The molecule has 1 atom stereocenters. The lowest BCUT2D eigenvalue weighted by molar-refractivity contribution is 0.0764. The van der Waals surface area contributed by atoms with Crippen LogP contribution in [-0.2, 0) is 6.54 Å². The number of carbonyl (C=O) groups excluding carboxylic acids is 1. The van der Waals surface area contributed by atoms with Gasteiger partial charge in [0, 0.05) is 42.7 Å². The average molecular weight is 393 g/mol. The van der Waals surface area contributed by atoms with E-state index in [0.717, 1.165) is 23.9 Å². The van der Waals surface area contributed by atoms with Gasteiger partial charge in [-0.15, -0.1) is 0 Å². The zero-order valence-electron chi connectivity index (χ0n) is 13.0. The Morgan fingerprint density at radius 3 is 3.08 bits per heavy atom. The van der Waals surface area contributed by atoms with E-state index >= 15 is 0 Å². The largest absolute Gasteiger partial charge is 0.477 e. The third-order valence-corrected chi connectivity index (χ3v) is 4.66. The summed E-state index contributed by atoms with van der Waals surface area (Å²) in [4.78, 5) is 18.7. The molecule has 7 nitrogen and oxygen atoms in total. The van der Waals surface area contributed by atoms with Gasteiger partial charge in [0.1, 0.15) is 11.7 Å². The van der Waals surface area contributed by atoms with Gasteiger partial charge in [0.05, 0.1) is 19.3 Å². The fourth-order valence-electron chi connectivity index (χ4n) is 3.00. The van der Waals surface area contributed by atoms with Crippen LogP contribution in [0.25, 0.3) is 0 Å². The molecule has 2 aliphatic rings. The summed E-state index contributed by atoms with van der Waals surface area (Å²) in [5.74, 6) is 1.11. The van der Waals surface area contributed by atoms with Crippen molar-refractivity contribution in [1.29, 1.82) is 0 Å². The number of aryl methyl sites for hydroxylation is 1. The maximum absolute atomic E-state index is 12.7. The van der Waals surface area contributed by atoms with Crippen LogP contribution in [0.4, 0.5) is 0 Å². The van der Waals surface area contributed by atoms with E-state index in [4.69, 9.17) is 9.47 Å². The van der Waals surface area contributed by atoms with Crippen LogP contribution in [0.15, 0.2) is 29.0 Å². The molecular formula is C16H17BrN4O3. The Hall–Kier alpha value is -2.09. The number of fused-ring (bicyclic) bond motifs is 1. The molecule has 2 aliphatic heterocycles. The van der Waals surface area contributed by atoms with Crippen LogP contribution < -0.4 is 9.47 Å². The standard InChI is InChI=1S/C16H17BrN4O3/c17-11-2-3-14(18-8-11)24-12-4-6-20(10-12)15(22)13-9-19-21-5-1-7-23-16(13)21/h2-3,8-9,12H,1,4-7,10H2. The van der Waals surface area contributed by atoms with Crippen LogP contribution in [0.3, 0.4) is 0 Å². The second-order valence-electron chi connectivity index (χ2n) is 5.88. The van der Waals surface area contributed by atoms with Crippen molar-refractivity contribution in [3.05, 3.63) is 34.6 Å². The minimum atomic E-state index is -0.0481. The molecule has 1 amide bonds. The van der Waals surface area contributed by atoms with Gasteiger partial charge in [-0.05, 0) is 22.0 Å². The second kappa shape index (κ2) is 6.43. The number of likely N-dealkylation sites (tertiary alicyclic amines) is 1. The number of rotatable bonds is 3. The first-order chi connectivity index (χ1) is 11.7. The summed E-state index contributed by atoms with van der Waals surface area (Å²) in [7, 11) is 0. The fraction of sp³-hybridized carbons (Fsp3) is 0.438. The van der Waals surface area contributed by atoms with Crippen molar-refractivity contribution >= 4 is 21.8 Å². The number of amides is 1. The van der Waals surface area contributed by atoms with Gasteiger partial charge in [-0.1, -0.05) is 0 Å². The number of hydrogen-bond donors (Lipinski definition) is 0. The molecule has 1 saturated heterocycles. The van der Waals surface area contributed by atoms with Gasteiger partial charge in [-0.25, -0.2) is 9.67 Å². The summed E-state index contributed by atoms with van der Waals surface area (Å²) >= 11 is 3.35. The lowest BCUT2D eigenvalue weighted by Crippen LogP contribution is -2.31. The minimum absolute atomic E-state index is 0.0463. The van der Waals surface area contributed by atoms with Crippen molar-refractivity contribution in [2.24, 2.45) is 0 Å². The molecule has 0 bridgehead atoms. The van der Waals surface area contributed by atoms with E-state index in [2.05, 4.69) is 26.0 Å². The Labute approximate surface area is 147 Å².